The molecule has 0 spiro atoms. The van der Waals surface area contributed by atoms with Gasteiger partial charge in [-0.2, -0.15) is 0 Å². The van der Waals surface area contributed by atoms with Crippen molar-refractivity contribution in [3.63, 3.8) is 0 Å². The summed E-state index contributed by atoms with van der Waals surface area (Å²) < 4.78 is 0. The van der Waals surface area contributed by atoms with Crippen molar-refractivity contribution in [1.29, 1.82) is 0 Å². The van der Waals surface area contributed by atoms with E-state index in [-0.39, 0.29) is 5.41 Å². The van der Waals surface area contributed by atoms with E-state index in [1.807, 2.05) is 18.2 Å². The van der Waals surface area contributed by atoms with Crippen molar-refractivity contribution in [2.45, 2.75) is 32.6 Å². The normalized spacial score (nSPS) is 11.5. The average Bonchev–Trinajstić information content (AvgIpc) is 2.18. The van der Waals surface area contributed by atoms with Crippen LogP contribution in [0.2, 0.25) is 0 Å². The van der Waals surface area contributed by atoms with Crippen molar-refractivity contribution in [2.24, 2.45) is 0 Å². The summed E-state index contributed by atoms with van der Waals surface area (Å²) in [6, 6.07) is 7.46. The average molecular weight is 192 g/mol. The minimum atomic E-state index is -1.37. The van der Waals surface area contributed by atoms with Crippen LogP contribution >= 0.6 is 0 Å². The van der Waals surface area contributed by atoms with E-state index in [1.165, 1.54) is 0 Å². The molecule has 1 rings (SSSR count). The lowest BCUT2D eigenvalue weighted by Crippen LogP contribution is -2.31. The summed E-state index contributed by atoms with van der Waals surface area (Å²) in [5, 5.41) is 18.1. The molecule has 0 bridgehead atoms. The van der Waals surface area contributed by atoms with Gasteiger partial charge < -0.3 is 10.0 Å². The van der Waals surface area contributed by atoms with E-state index in [2.05, 4.69) is 20.8 Å². The van der Waals surface area contributed by atoms with Crippen molar-refractivity contribution < 1.29 is 10.0 Å². The van der Waals surface area contributed by atoms with Gasteiger partial charge in [-0.05, 0) is 22.9 Å². The maximum Gasteiger partial charge on any atom is 0.488 e. The second kappa shape index (κ2) is 4.15. The molecule has 0 fully saturated rings. The van der Waals surface area contributed by atoms with Gasteiger partial charge in [-0.15, -0.1) is 0 Å². The molecule has 0 atom stereocenters. The predicted molar refractivity (Wildman–Crippen MR) is 59.6 cm³/mol. The molecule has 0 saturated heterocycles. The van der Waals surface area contributed by atoms with Crippen LogP contribution in [0.25, 0.3) is 0 Å². The summed E-state index contributed by atoms with van der Waals surface area (Å²) in [5.74, 6) is 0. The van der Waals surface area contributed by atoms with Gasteiger partial charge in [0.15, 0.2) is 0 Å². The zero-order chi connectivity index (χ0) is 10.8. The standard InChI is InChI=1S/C11H17BO2/c1-4-11(2,3)9-6-5-7-10(8-9)12(13)14/h5-8,13-14H,4H2,1-3H3. The fourth-order valence-electron chi connectivity index (χ4n) is 1.32. The lowest BCUT2D eigenvalue weighted by molar-refractivity contribution is 0.425. The molecule has 1 aromatic carbocycles. The van der Waals surface area contributed by atoms with Crippen molar-refractivity contribution in [1.82, 2.24) is 0 Å². The van der Waals surface area contributed by atoms with Crippen molar-refractivity contribution in [3.8, 4) is 0 Å². The topological polar surface area (TPSA) is 40.5 Å². The Hall–Kier alpha value is -0.795. The molecule has 76 valence electrons. The number of rotatable bonds is 3. The van der Waals surface area contributed by atoms with Gasteiger partial charge in [-0.3, -0.25) is 0 Å². The highest BCUT2D eigenvalue weighted by molar-refractivity contribution is 6.58. The second-order valence-corrected chi connectivity index (χ2v) is 4.24. The number of hydrogen-bond acceptors (Lipinski definition) is 2. The summed E-state index contributed by atoms with van der Waals surface area (Å²) in [4.78, 5) is 0. The molecular formula is C11H17BO2. The Morgan fingerprint density at radius 3 is 2.43 bits per heavy atom. The summed E-state index contributed by atoms with van der Waals surface area (Å²) in [6.45, 7) is 6.42. The van der Waals surface area contributed by atoms with Crippen LogP contribution in [-0.4, -0.2) is 17.2 Å². The van der Waals surface area contributed by atoms with Crippen LogP contribution in [0, 0.1) is 0 Å². The van der Waals surface area contributed by atoms with Gasteiger partial charge in [-0.1, -0.05) is 45.0 Å². The Labute approximate surface area is 85.7 Å². The SMILES string of the molecule is CCC(C)(C)c1cccc(B(O)O)c1. The fraction of sp³-hybridized carbons (Fsp3) is 0.455. The van der Waals surface area contributed by atoms with Crippen LogP contribution in [-0.2, 0) is 5.41 Å². The van der Waals surface area contributed by atoms with Gasteiger partial charge in [0.2, 0.25) is 0 Å². The molecule has 2 N–H and O–H groups in total. The first kappa shape index (κ1) is 11.3. The summed E-state index contributed by atoms with van der Waals surface area (Å²) in [5.41, 5.74) is 1.79. The first-order valence-electron chi connectivity index (χ1n) is 4.94. The van der Waals surface area contributed by atoms with Gasteiger partial charge in [0.25, 0.3) is 0 Å². The maximum atomic E-state index is 9.04. The molecule has 0 aliphatic rings. The zero-order valence-corrected chi connectivity index (χ0v) is 8.99. The van der Waals surface area contributed by atoms with E-state index in [0.29, 0.717) is 5.46 Å². The maximum absolute atomic E-state index is 9.04. The molecule has 0 heterocycles. The smallest absolute Gasteiger partial charge is 0.423 e. The first-order chi connectivity index (χ1) is 6.47. The minimum Gasteiger partial charge on any atom is -0.423 e. The largest absolute Gasteiger partial charge is 0.488 e. The van der Waals surface area contributed by atoms with E-state index in [1.54, 1.807) is 6.07 Å². The third-order valence-corrected chi connectivity index (χ3v) is 2.85. The van der Waals surface area contributed by atoms with Crippen LogP contribution < -0.4 is 5.46 Å². The fourth-order valence-corrected chi connectivity index (χ4v) is 1.32. The van der Waals surface area contributed by atoms with E-state index in [9.17, 15) is 0 Å². The molecule has 14 heavy (non-hydrogen) atoms. The highest BCUT2D eigenvalue weighted by Crippen LogP contribution is 2.25. The van der Waals surface area contributed by atoms with Crippen molar-refractivity contribution in [2.75, 3.05) is 0 Å². The summed E-state index contributed by atoms with van der Waals surface area (Å²) in [7, 11) is -1.37. The molecule has 2 nitrogen and oxygen atoms in total. The molecule has 0 unspecified atom stereocenters. The highest BCUT2D eigenvalue weighted by Gasteiger charge is 2.20. The second-order valence-electron chi connectivity index (χ2n) is 4.24. The van der Waals surface area contributed by atoms with Crippen LogP contribution in [0.4, 0.5) is 0 Å². The molecule has 0 aromatic heterocycles. The Bertz CT molecular complexity index is 308. The van der Waals surface area contributed by atoms with Crippen molar-refractivity contribution >= 4 is 12.6 Å². The Morgan fingerprint density at radius 1 is 1.29 bits per heavy atom. The number of benzene rings is 1. The van der Waals surface area contributed by atoms with Gasteiger partial charge in [0.1, 0.15) is 0 Å². The Balaban J connectivity index is 3.05. The highest BCUT2D eigenvalue weighted by atomic mass is 16.4. The third kappa shape index (κ3) is 2.37. The van der Waals surface area contributed by atoms with Gasteiger partial charge in [0.05, 0.1) is 0 Å². The lowest BCUT2D eigenvalue weighted by Gasteiger charge is -2.23. The van der Waals surface area contributed by atoms with Gasteiger partial charge in [-0.25, -0.2) is 0 Å². The predicted octanol–water partition coefficient (Wildman–Crippen LogP) is 1.05. The van der Waals surface area contributed by atoms with Gasteiger partial charge >= 0.3 is 7.12 Å². The Morgan fingerprint density at radius 2 is 1.93 bits per heavy atom. The lowest BCUT2D eigenvalue weighted by atomic mass is 9.75. The van der Waals surface area contributed by atoms with Crippen LogP contribution in [0.5, 0.6) is 0 Å². The van der Waals surface area contributed by atoms with Crippen molar-refractivity contribution in [3.05, 3.63) is 29.8 Å². The summed E-state index contributed by atoms with van der Waals surface area (Å²) >= 11 is 0. The number of hydrogen-bond donors (Lipinski definition) is 2. The van der Waals surface area contributed by atoms with Crippen LogP contribution in [0.1, 0.15) is 32.8 Å². The van der Waals surface area contributed by atoms with E-state index >= 15 is 0 Å². The van der Waals surface area contributed by atoms with E-state index in [0.717, 1.165) is 12.0 Å². The monoisotopic (exact) mass is 192 g/mol. The molecule has 0 radical (unpaired) electrons. The van der Waals surface area contributed by atoms with E-state index < -0.39 is 7.12 Å². The molecular weight excluding hydrogens is 175 g/mol. The van der Waals surface area contributed by atoms with Crippen LogP contribution in [0.15, 0.2) is 24.3 Å². The molecule has 0 amide bonds. The minimum absolute atomic E-state index is 0.0882. The van der Waals surface area contributed by atoms with Gasteiger partial charge in [0, 0.05) is 0 Å². The first-order valence-corrected chi connectivity index (χ1v) is 4.94. The molecule has 3 heteroatoms. The zero-order valence-electron chi connectivity index (χ0n) is 8.99. The molecule has 0 aliphatic carbocycles. The molecule has 1 aromatic rings. The molecule has 0 aliphatic heterocycles. The van der Waals surface area contributed by atoms with Crippen LogP contribution in [0.3, 0.4) is 0 Å². The Kier molecular flexibility index (Phi) is 3.35. The van der Waals surface area contributed by atoms with E-state index in [4.69, 9.17) is 10.0 Å². The quantitative estimate of drug-likeness (QED) is 0.702. The molecule has 0 saturated carbocycles. The third-order valence-electron chi connectivity index (χ3n) is 2.85. The summed E-state index contributed by atoms with van der Waals surface area (Å²) in [6.07, 6.45) is 1.03.